The van der Waals surface area contributed by atoms with Gasteiger partial charge in [-0.3, -0.25) is 9.59 Å². The van der Waals surface area contributed by atoms with Crippen molar-refractivity contribution in [1.82, 2.24) is 10.6 Å². The minimum Gasteiger partial charge on any atom is -0.489 e. The number of esters is 1. The fourth-order valence-corrected chi connectivity index (χ4v) is 1.98. The van der Waals surface area contributed by atoms with Gasteiger partial charge in [-0.2, -0.15) is 13.2 Å². The first-order chi connectivity index (χ1) is 15.6. The lowest BCUT2D eigenvalue weighted by Crippen LogP contribution is -2.32. The van der Waals surface area contributed by atoms with Gasteiger partial charge in [-0.05, 0) is 25.1 Å². The number of hydrogen-bond acceptors (Lipinski definition) is 8. The fourth-order valence-electron chi connectivity index (χ4n) is 1.98. The van der Waals surface area contributed by atoms with Gasteiger partial charge in [-0.25, -0.2) is 4.79 Å². The standard InChI is InChI=1S/C18H27N3O7.C2H3F3/c1-2-26-17(23)12-25-8-9-27-16(19)11-28-15-5-3-4-14(10-15)18(24)21-7-6-20-13-22;1-2(3,4)5/h3-5,10,13,16H,2,6-9,11-12,19H2,1H3,(H,20,22)(H,21,24);1H3. The van der Waals surface area contributed by atoms with Crippen LogP contribution in [0.1, 0.15) is 24.2 Å². The van der Waals surface area contributed by atoms with Gasteiger partial charge in [-0.1, -0.05) is 6.07 Å². The molecule has 13 heteroatoms. The van der Waals surface area contributed by atoms with Crippen LogP contribution in [-0.4, -0.2) is 76.8 Å². The third kappa shape index (κ3) is 19.5. The molecule has 2 amide bonds. The highest BCUT2D eigenvalue weighted by molar-refractivity contribution is 5.94. The van der Waals surface area contributed by atoms with E-state index in [0.717, 1.165) is 0 Å². The largest absolute Gasteiger partial charge is 0.489 e. The normalized spacial score (nSPS) is 11.5. The van der Waals surface area contributed by atoms with E-state index in [-0.39, 0.29) is 39.3 Å². The summed E-state index contributed by atoms with van der Waals surface area (Å²) in [6.07, 6.45) is -4.13. The number of carbonyl (C=O) groups excluding carboxylic acids is 3. The summed E-state index contributed by atoms with van der Waals surface area (Å²) in [5.74, 6) is -0.243. The number of nitrogens with one attached hydrogen (secondary N) is 2. The Morgan fingerprint density at radius 3 is 2.55 bits per heavy atom. The van der Waals surface area contributed by atoms with Crippen molar-refractivity contribution in [2.45, 2.75) is 26.3 Å². The number of benzene rings is 1. The van der Waals surface area contributed by atoms with E-state index in [1.807, 2.05) is 0 Å². The average Bonchev–Trinajstić information content (AvgIpc) is 2.74. The van der Waals surface area contributed by atoms with Crippen LogP contribution in [0.4, 0.5) is 13.2 Å². The van der Waals surface area contributed by atoms with E-state index in [1.165, 1.54) is 0 Å². The quantitative estimate of drug-likeness (QED) is 0.146. The average molecular weight is 481 g/mol. The SMILES string of the molecule is CC(F)(F)F.CCOC(=O)COCCOC(N)COc1cccc(C(=O)NCCNC=O)c1. The molecule has 4 N–H and O–H groups in total. The van der Waals surface area contributed by atoms with Gasteiger partial charge in [0.05, 0.1) is 19.8 Å². The fraction of sp³-hybridized carbons (Fsp3) is 0.550. The summed E-state index contributed by atoms with van der Waals surface area (Å²) in [4.78, 5) is 33.2. The van der Waals surface area contributed by atoms with E-state index < -0.39 is 18.4 Å². The summed E-state index contributed by atoms with van der Waals surface area (Å²) in [5.41, 5.74) is 6.22. The molecule has 1 rings (SSSR count). The van der Waals surface area contributed by atoms with E-state index in [1.54, 1.807) is 31.2 Å². The molecule has 0 aliphatic carbocycles. The predicted molar refractivity (Wildman–Crippen MR) is 111 cm³/mol. The van der Waals surface area contributed by atoms with Crippen molar-refractivity contribution in [1.29, 1.82) is 0 Å². The van der Waals surface area contributed by atoms with Crippen molar-refractivity contribution in [2.75, 3.05) is 46.1 Å². The maximum atomic E-state index is 12.0. The molecule has 1 aromatic rings. The van der Waals surface area contributed by atoms with Crippen LogP contribution in [0.5, 0.6) is 5.75 Å². The van der Waals surface area contributed by atoms with E-state index in [0.29, 0.717) is 37.4 Å². The Balaban J connectivity index is 0.00000184. The van der Waals surface area contributed by atoms with Crippen molar-refractivity contribution in [3.05, 3.63) is 29.8 Å². The Bertz CT molecular complexity index is 700. The van der Waals surface area contributed by atoms with E-state index >= 15 is 0 Å². The van der Waals surface area contributed by atoms with Crippen molar-refractivity contribution in [3.63, 3.8) is 0 Å². The topological polar surface area (TPSA) is 138 Å². The molecule has 0 radical (unpaired) electrons. The minimum absolute atomic E-state index is 0.0756. The highest BCUT2D eigenvalue weighted by atomic mass is 19.4. The maximum Gasteiger partial charge on any atom is 0.386 e. The van der Waals surface area contributed by atoms with Gasteiger partial charge < -0.3 is 35.3 Å². The van der Waals surface area contributed by atoms with Crippen LogP contribution in [0.3, 0.4) is 0 Å². The number of amides is 2. The van der Waals surface area contributed by atoms with Gasteiger partial charge in [0.2, 0.25) is 6.41 Å². The highest BCUT2D eigenvalue weighted by Gasteiger charge is 2.15. The molecular weight excluding hydrogens is 451 g/mol. The Morgan fingerprint density at radius 2 is 1.91 bits per heavy atom. The smallest absolute Gasteiger partial charge is 0.386 e. The molecule has 0 aromatic heterocycles. The number of hydrogen-bond donors (Lipinski definition) is 3. The molecule has 0 aliphatic rings. The minimum atomic E-state index is -4.00. The van der Waals surface area contributed by atoms with E-state index in [2.05, 4.69) is 10.6 Å². The van der Waals surface area contributed by atoms with Crippen LogP contribution in [0, 0.1) is 0 Å². The van der Waals surface area contributed by atoms with Crippen LogP contribution in [-0.2, 0) is 23.8 Å². The summed E-state index contributed by atoms with van der Waals surface area (Å²) in [6.45, 7) is 3.21. The molecule has 0 bridgehead atoms. The number of nitrogens with two attached hydrogens (primary N) is 1. The van der Waals surface area contributed by atoms with E-state index in [4.69, 9.17) is 24.7 Å². The van der Waals surface area contributed by atoms with Crippen molar-refractivity contribution in [2.24, 2.45) is 5.73 Å². The van der Waals surface area contributed by atoms with Crippen molar-refractivity contribution < 1.29 is 46.5 Å². The molecule has 1 aromatic carbocycles. The van der Waals surface area contributed by atoms with Crippen molar-refractivity contribution in [3.8, 4) is 5.75 Å². The lowest BCUT2D eigenvalue weighted by Gasteiger charge is -2.15. The van der Waals surface area contributed by atoms with Gasteiger partial charge in [0.15, 0.2) is 0 Å². The van der Waals surface area contributed by atoms with Crippen LogP contribution >= 0.6 is 0 Å². The molecule has 0 aliphatic heterocycles. The van der Waals surface area contributed by atoms with Gasteiger partial charge in [0.1, 0.15) is 25.2 Å². The molecule has 1 unspecified atom stereocenters. The molecule has 0 fully saturated rings. The zero-order valence-electron chi connectivity index (χ0n) is 18.5. The molecule has 188 valence electrons. The molecule has 0 spiro atoms. The molecular formula is C20H30F3N3O7. The summed E-state index contributed by atoms with van der Waals surface area (Å²) in [6, 6.07) is 6.60. The highest BCUT2D eigenvalue weighted by Crippen LogP contribution is 2.13. The number of ether oxygens (including phenoxy) is 4. The van der Waals surface area contributed by atoms with Crippen molar-refractivity contribution >= 4 is 18.3 Å². The summed E-state index contributed by atoms with van der Waals surface area (Å²) < 4.78 is 51.7. The molecule has 0 heterocycles. The summed E-state index contributed by atoms with van der Waals surface area (Å²) in [7, 11) is 0. The molecule has 33 heavy (non-hydrogen) atoms. The lowest BCUT2D eigenvalue weighted by molar-refractivity contribution is -0.149. The second kappa shape index (κ2) is 17.6. The second-order valence-electron chi connectivity index (χ2n) is 6.21. The number of alkyl halides is 3. The number of rotatable bonds is 15. The van der Waals surface area contributed by atoms with Gasteiger partial charge in [0.25, 0.3) is 5.91 Å². The zero-order valence-corrected chi connectivity index (χ0v) is 18.5. The van der Waals surface area contributed by atoms with Gasteiger partial charge in [0, 0.05) is 25.6 Å². The Hall–Kier alpha value is -2.90. The third-order valence-electron chi connectivity index (χ3n) is 3.23. The zero-order chi connectivity index (χ0) is 25.1. The first-order valence-electron chi connectivity index (χ1n) is 9.92. The van der Waals surface area contributed by atoms with Crippen LogP contribution < -0.4 is 21.1 Å². The first-order valence-corrected chi connectivity index (χ1v) is 9.92. The monoisotopic (exact) mass is 481 g/mol. The Labute approximate surface area is 189 Å². The second-order valence-corrected chi connectivity index (χ2v) is 6.21. The van der Waals surface area contributed by atoms with Crippen LogP contribution in [0.15, 0.2) is 24.3 Å². The van der Waals surface area contributed by atoms with Crippen LogP contribution in [0.2, 0.25) is 0 Å². The molecule has 10 nitrogen and oxygen atoms in total. The molecule has 1 atom stereocenters. The summed E-state index contributed by atoms with van der Waals surface area (Å²) >= 11 is 0. The Kier molecular flexibility index (Phi) is 16.1. The number of carbonyl (C=O) groups is 3. The van der Waals surface area contributed by atoms with E-state index in [9.17, 15) is 27.6 Å². The lowest BCUT2D eigenvalue weighted by atomic mass is 10.2. The van der Waals surface area contributed by atoms with Crippen LogP contribution in [0.25, 0.3) is 0 Å². The predicted octanol–water partition coefficient (Wildman–Crippen LogP) is 0.991. The molecule has 0 saturated carbocycles. The molecule has 0 saturated heterocycles. The summed E-state index contributed by atoms with van der Waals surface area (Å²) in [5, 5.41) is 5.12. The number of halogens is 3. The van der Waals surface area contributed by atoms with Gasteiger partial charge in [-0.15, -0.1) is 0 Å². The Morgan fingerprint density at radius 1 is 1.21 bits per heavy atom. The third-order valence-corrected chi connectivity index (χ3v) is 3.23. The first kappa shape index (κ1) is 30.1. The maximum absolute atomic E-state index is 12.0. The van der Waals surface area contributed by atoms with Gasteiger partial charge >= 0.3 is 12.1 Å².